The Kier molecular flexibility index (Phi) is 5.22. The standard InChI is InChI=1S/C21H19ClN4O3/c22-14-8-9-16(21(23)28)18(10-14)29-12-20(27)24-19-11-17(13-6-7-13)25-26(19)15-4-2-1-3-5-15/h1-5,8-11,13H,6-7,12H2,(H2,23,28)(H,24,27). The number of ether oxygens (including phenoxy) is 1. The Morgan fingerprint density at radius 2 is 1.93 bits per heavy atom. The molecule has 2 aromatic carbocycles. The molecule has 3 aromatic rings. The van der Waals surface area contributed by atoms with Crippen LogP contribution in [-0.2, 0) is 4.79 Å². The van der Waals surface area contributed by atoms with Crippen LogP contribution in [0.1, 0.15) is 34.8 Å². The molecule has 4 rings (SSSR count). The summed E-state index contributed by atoms with van der Waals surface area (Å²) < 4.78 is 7.21. The number of hydrogen-bond donors (Lipinski definition) is 2. The van der Waals surface area contributed by atoms with Gasteiger partial charge in [-0.05, 0) is 43.2 Å². The van der Waals surface area contributed by atoms with Gasteiger partial charge in [0.2, 0.25) is 0 Å². The van der Waals surface area contributed by atoms with Crippen LogP contribution in [0.3, 0.4) is 0 Å². The van der Waals surface area contributed by atoms with Crippen molar-refractivity contribution >= 4 is 29.2 Å². The van der Waals surface area contributed by atoms with E-state index in [9.17, 15) is 9.59 Å². The fraction of sp³-hybridized carbons (Fsp3) is 0.190. The van der Waals surface area contributed by atoms with Gasteiger partial charge in [0.05, 0.1) is 16.9 Å². The number of hydrogen-bond acceptors (Lipinski definition) is 4. The number of halogens is 1. The molecule has 7 nitrogen and oxygen atoms in total. The number of nitrogens with two attached hydrogens (primary N) is 1. The molecule has 0 bridgehead atoms. The highest BCUT2D eigenvalue weighted by Gasteiger charge is 2.28. The second kappa shape index (κ2) is 7.97. The van der Waals surface area contributed by atoms with Gasteiger partial charge in [0.15, 0.2) is 6.61 Å². The number of benzene rings is 2. The quantitative estimate of drug-likeness (QED) is 0.622. The maximum Gasteiger partial charge on any atom is 0.263 e. The molecule has 1 fully saturated rings. The van der Waals surface area contributed by atoms with Gasteiger partial charge in [-0.3, -0.25) is 9.59 Å². The van der Waals surface area contributed by atoms with E-state index < -0.39 is 5.91 Å². The number of nitrogens with one attached hydrogen (secondary N) is 1. The molecule has 2 amide bonds. The second-order valence-electron chi connectivity index (χ2n) is 6.82. The lowest BCUT2D eigenvalue weighted by Gasteiger charge is -2.11. The van der Waals surface area contributed by atoms with E-state index in [-0.39, 0.29) is 23.8 Å². The predicted octanol–water partition coefficient (Wildman–Crippen LogP) is 3.52. The highest BCUT2D eigenvalue weighted by atomic mass is 35.5. The minimum absolute atomic E-state index is 0.160. The first-order valence-electron chi connectivity index (χ1n) is 9.18. The highest BCUT2D eigenvalue weighted by molar-refractivity contribution is 6.30. The number of para-hydroxylation sites is 1. The fourth-order valence-corrected chi connectivity index (χ4v) is 3.14. The summed E-state index contributed by atoms with van der Waals surface area (Å²) in [6.45, 7) is -0.306. The van der Waals surface area contributed by atoms with Crippen molar-refractivity contribution in [2.45, 2.75) is 18.8 Å². The van der Waals surface area contributed by atoms with Crippen LogP contribution in [-0.4, -0.2) is 28.2 Å². The van der Waals surface area contributed by atoms with Crippen molar-refractivity contribution < 1.29 is 14.3 Å². The van der Waals surface area contributed by atoms with Crippen LogP contribution in [0.25, 0.3) is 5.69 Å². The smallest absolute Gasteiger partial charge is 0.263 e. The average Bonchev–Trinajstić information content (AvgIpc) is 3.48. The van der Waals surface area contributed by atoms with Crippen molar-refractivity contribution in [3.63, 3.8) is 0 Å². The molecule has 1 saturated carbocycles. The lowest BCUT2D eigenvalue weighted by atomic mass is 10.2. The first-order valence-corrected chi connectivity index (χ1v) is 9.56. The van der Waals surface area contributed by atoms with E-state index in [0.29, 0.717) is 16.8 Å². The van der Waals surface area contributed by atoms with E-state index >= 15 is 0 Å². The number of carbonyl (C=O) groups excluding carboxylic acids is 2. The van der Waals surface area contributed by atoms with Crippen molar-refractivity contribution in [3.8, 4) is 11.4 Å². The summed E-state index contributed by atoms with van der Waals surface area (Å²) in [5.74, 6) is 0.118. The number of nitrogens with zero attached hydrogens (tertiary/aromatic N) is 2. The summed E-state index contributed by atoms with van der Waals surface area (Å²) in [6.07, 6.45) is 2.21. The largest absolute Gasteiger partial charge is 0.483 e. The molecule has 0 atom stereocenters. The molecule has 3 N–H and O–H groups in total. The third-order valence-corrected chi connectivity index (χ3v) is 4.80. The van der Waals surface area contributed by atoms with Gasteiger partial charge in [-0.15, -0.1) is 0 Å². The molecule has 1 aliphatic rings. The first kappa shape index (κ1) is 19.0. The zero-order valence-electron chi connectivity index (χ0n) is 15.5. The van der Waals surface area contributed by atoms with E-state index in [1.807, 2.05) is 36.4 Å². The molecule has 0 radical (unpaired) electrons. The number of aromatic nitrogens is 2. The molecule has 0 unspecified atom stereocenters. The lowest BCUT2D eigenvalue weighted by molar-refractivity contribution is -0.118. The van der Waals surface area contributed by atoms with Crippen LogP contribution in [0.5, 0.6) is 5.75 Å². The monoisotopic (exact) mass is 410 g/mol. The summed E-state index contributed by atoms with van der Waals surface area (Å²) in [5.41, 5.74) is 7.30. The van der Waals surface area contributed by atoms with Crippen molar-refractivity contribution in [2.75, 3.05) is 11.9 Å². The van der Waals surface area contributed by atoms with Crippen LogP contribution in [0.15, 0.2) is 54.6 Å². The van der Waals surface area contributed by atoms with Gasteiger partial charge >= 0.3 is 0 Å². The maximum atomic E-state index is 12.5. The summed E-state index contributed by atoms with van der Waals surface area (Å²) in [6, 6.07) is 15.9. The van der Waals surface area contributed by atoms with E-state index in [1.165, 1.54) is 18.2 Å². The molecule has 0 spiro atoms. The Hall–Kier alpha value is -3.32. The average molecular weight is 411 g/mol. The van der Waals surface area contributed by atoms with E-state index in [4.69, 9.17) is 22.1 Å². The van der Waals surface area contributed by atoms with Crippen LogP contribution in [0.4, 0.5) is 5.82 Å². The Morgan fingerprint density at radius 1 is 1.17 bits per heavy atom. The molecule has 1 heterocycles. The zero-order valence-corrected chi connectivity index (χ0v) is 16.2. The van der Waals surface area contributed by atoms with Gasteiger partial charge in [0.1, 0.15) is 11.6 Å². The molecular weight excluding hydrogens is 392 g/mol. The Bertz CT molecular complexity index is 1060. The zero-order chi connectivity index (χ0) is 20.4. The van der Waals surface area contributed by atoms with Crippen LogP contribution < -0.4 is 15.8 Å². The van der Waals surface area contributed by atoms with Gasteiger partial charge in [-0.2, -0.15) is 5.10 Å². The van der Waals surface area contributed by atoms with Crippen LogP contribution in [0.2, 0.25) is 5.02 Å². The van der Waals surface area contributed by atoms with Gasteiger partial charge < -0.3 is 15.8 Å². The van der Waals surface area contributed by atoms with Crippen molar-refractivity contribution in [2.24, 2.45) is 5.73 Å². The Labute approximate surface area is 172 Å². The first-order chi connectivity index (χ1) is 14.0. The highest BCUT2D eigenvalue weighted by Crippen LogP contribution is 2.40. The Morgan fingerprint density at radius 3 is 2.62 bits per heavy atom. The number of amides is 2. The van der Waals surface area contributed by atoms with Crippen molar-refractivity contribution in [1.29, 1.82) is 0 Å². The van der Waals surface area contributed by atoms with Crippen molar-refractivity contribution in [3.05, 3.63) is 70.9 Å². The van der Waals surface area contributed by atoms with Gasteiger partial charge in [-0.1, -0.05) is 29.8 Å². The molecule has 1 aromatic heterocycles. The normalized spacial score (nSPS) is 13.1. The number of carbonyl (C=O) groups is 2. The summed E-state index contributed by atoms with van der Waals surface area (Å²) >= 11 is 5.95. The topological polar surface area (TPSA) is 99.2 Å². The Balaban J connectivity index is 1.51. The molecule has 29 heavy (non-hydrogen) atoms. The van der Waals surface area contributed by atoms with Crippen LogP contribution in [0, 0.1) is 0 Å². The second-order valence-corrected chi connectivity index (χ2v) is 7.25. The minimum atomic E-state index is -0.659. The SMILES string of the molecule is NC(=O)c1ccc(Cl)cc1OCC(=O)Nc1cc(C2CC2)nn1-c1ccccc1. The molecule has 0 aliphatic heterocycles. The predicted molar refractivity (Wildman–Crippen MR) is 110 cm³/mol. The van der Waals surface area contributed by atoms with Gasteiger partial charge in [0.25, 0.3) is 11.8 Å². The minimum Gasteiger partial charge on any atom is -0.483 e. The summed E-state index contributed by atoms with van der Waals surface area (Å²) in [7, 11) is 0. The van der Waals surface area contributed by atoms with E-state index in [2.05, 4.69) is 10.4 Å². The molecule has 8 heteroatoms. The third kappa shape index (κ3) is 4.41. The summed E-state index contributed by atoms with van der Waals surface area (Å²) in [4.78, 5) is 24.0. The van der Waals surface area contributed by atoms with Crippen molar-refractivity contribution in [1.82, 2.24) is 9.78 Å². The molecule has 1 aliphatic carbocycles. The number of anilines is 1. The number of rotatable bonds is 7. The van der Waals surface area contributed by atoms with Gasteiger partial charge in [-0.25, -0.2) is 4.68 Å². The third-order valence-electron chi connectivity index (χ3n) is 4.56. The van der Waals surface area contributed by atoms with E-state index in [0.717, 1.165) is 24.2 Å². The summed E-state index contributed by atoms with van der Waals surface area (Å²) in [5, 5.41) is 7.85. The lowest BCUT2D eigenvalue weighted by Crippen LogP contribution is -2.23. The molecule has 148 valence electrons. The fourth-order valence-electron chi connectivity index (χ4n) is 2.97. The maximum absolute atomic E-state index is 12.5. The molecular formula is C21H19ClN4O3. The van der Waals surface area contributed by atoms with Crippen LogP contribution >= 0.6 is 11.6 Å². The van der Waals surface area contributed by atoms with E-state index in [1.54, 1.807) is 4.68 Å². The van der Waals surface area contributed by atoms with Gasteiger partial charge in [0, 0.05) is 17.0 Å². The molecule has 0 saturated heterocycles. The number of primary amides is 1.